The summed E-state index contributed by atoms with van der Waals surface area (Å²) >= 11 is 0. The van der Waals surface area contributed by atoms with Crippen molar-refractivity contribution in [2.75, 3.05) is 46.6 Å². The first-order valence-electron chi connectivity index (χ1n) is 17.6. The first kappa shape index (κ1) is 42.1. The van der Waals surface area contributed by atoms with E-state index in [-0.39, 0.29) is 54.4 Å². The molecule has 1 aromatic rings. The predicted molar refractivity (Wildman–Crippen MR) is 187 cm³/mol. The van der Waals surface area contributed by atoms with E-state index in [4.69, 9.17) is 19.9 Å². The molecule has 0 aliphatic heterocycles. The molecule has 0 aromatic heterocycles. The van der Waals surface area contributed by atoms with Gasteiger partial charge in [-0.05, 0) is 68.4 Å². The van der Waals surface area contributed by atoms with Crippen molar-refractivity contribution >= 4 is 17.7 Å². The van der Waals surface area contributed by atoms with Gasteiger partial charge in [0, 0.05) is 51.4 Å². The number of carbonyl (C=O) groups excluding carboxylic acids is 3. The second-order valence-electron chi connectivity index (χ2n) is 13.1. The number of nitrogens with two attached hydrogens (primary N) is 1. The number of nitrogens with one attached hydrogen (secondary N) is 3. The van der Waals surface area contributed by atoms with Crippen LogP contribution < -0.4 is 31.2 Å². The molecule has 0 heterocycles. The summed E-state index contributed by atoms with van der Waals surface area (Å²) in [7, 11) is 1.65. The molecular formula is C36H64N4O7. The molecular weight excluding hydrogens is 600 g/mol. The van der Waals surface area contributed by atoms with Gasteiger partial charge in [0.1, 0.15) is 11.5 Å². The van der Waals surface area contributed by atoms with Crippen LogP contribution in [0.1, 0.15) is 103 Å². The molecule has 1 rings (SSSR count). The third-order valence-electron chi connectivity index (χ3n) is 8.42. The van der Waals surface area contributed by atoms with Gasteiger partial charge in [0.2, 0.25) is 5.91 Å². The summed E-state index contributed by atoms with van der Waals surface area (Å²) in [4.78, 5) is 38.3. The van der Waals surface area contributed by atoms with Gasteiger partial charge < -0.3 is 41.0 Å². The SMILES string of the molecule is CCCCNC(=O)COc1ccc(C(=O)NC[C@@H](C[C@H](N)[C@@H](O)C[C@H](C(=O)NCCCC)C(C)C)C(C)C)c(OCCCCOC)c1. The van der Waals surface area contributed by atoms with Crippen molar-refractivity contribution in [2.24, 2.45) is 29.4 Å². The van der Waals surface area contributed by atoms with E-state index in [9.17, 15) is 19.5 Å². The number of ether oxygens (including phenoxy) is 3. The van der Waals surface area contributed by atoms with Crippen LogP contribution in [0.2, 0.25) is 0 Å². The van der Waals surface area contributed by atoms with E-state index in [2.05, 4.69) is 43.6 Å². The van der Waals surface area contributed by atoms with Crippen molar-refractivity contribution in [3.63, 3.8) is 0 Å². The number of aliphatic hydroxyl groups excluding tert-OH is 1. The van der Waals surface area contributed by atoms with E-state index >= 15 is 0 Å². The Morgan fingerprint density at radius 2 is 1.51 bits per heavy atom. The largest absolute Gasteiger partial charge is 0.493 e. The highest BCUT2D eigenvalue weighted by atomic mass is 16.5. The fraction of sp³-hybridized carbons (Fsp3) is 0.750. The van der Waals surface area contributed by atoms with E-state index in [1.165, 1.54) is 0 Å². The van der Waals surface area contributed by atoms with Crippen molar-refractivity contribution in [2.45, 2.75) is 105 Å². The maximum absolute atomic E-state index is 13.4. The number of benzene rings is 1. The highest BCUT2D eigenvalue weighted by molar-refractivity contribution is 5.97. The summed E-state index contributed by atoms with van der Waals surface area (Å²) < 4.78 is 16.8. The molecule has 0 saturated heterocycles. The summed E-state index contributed by atoms with van der Waals surface area (Å²) in [5.74, 6) is 0.150. The monoisotopic (exact) mass is 664 g/mol. The van der Waals surface area contributed by atoms with Crippen LogP contribution in [0.4, 0.5) is 0 Å². The third kappa shape index (κ3) is 17.2. The van der Waals surface area contributed by atoms with Gasteiger partial charge in [0.25, 0.3) is 11.8 Å². The first-order chi connectivity index (χ1) is 22.4. The molecule has 6 N–H and O–H groups in total. The summed E-state index contributed by atoms with van der Waals surface area (Å²) in [6.07, 6.45) is 5.27. The number of hydrogen-bond acceptors (Lipinski definition) is 8. The third-order valence-corrected chi connectivity index (χ3v) is 8.42. The van der Waals surface area contributed by atoms with E-state index in [0.29, 0.717) is 56.3 Å². The molecule has 1 aromatic carbocycles. The molecule has 0 aliphatic rings. The minimum absolute atomic E-state index is 0.00767. The summed E-state index contributed by atoms with van der Waals surface area (Å²) in [5.41, 5.74) is 6.85. The van der Waals surface area contributed by atoms with Gasteiger partial charge in [-0.3, -0.25) is 14.4 Å². The average molecular weight is 665 g/mol. The lowest BCUT2D eigenvalue weighted by Gasteiger charge is -2.30. The Kier molecular flexibility index (Phi) is 21.8. The number of unbranched alkanes of at least 4 members (excludes halogenated alkanes) is 3. The standard InChI is InChI=1S/C36H64N4O7/c1-8-10-16-38-34(42)24-47-28-14-15-29(33(21-28)46-19-13-12-18-45-7)35(43)40-23-27(25(3)4)20-31(37)32(41)22-30(26(5)6)36(44)39-17-11-9-2/h14-15,21,25-27,30-32,41H,8-13,16-20,22-24,37H2,1-7H3,(H,38,42)(H,39,44)(H,40,43)/t27-,30+,31+,32+/m1/s1. The van der Waals surface area contributed by atoms with Crippen LogP contribution in [0.25, 0.3) is 0 Å². The molecule has 0 bridgehead atoms. The van der Waals surface area contributed by atoms with Crippen LogP contribution in [0.3, 0.4) is 0 Å². The van der Waals surface area contributed by atoms with Crippen molar-refractivity contribution in [1.82, 2.24) is 16.0 Å². The number of methoxy groups -OCH3 is 1. The van der Waals surface area contributed by atoms with Gasteiger partial charge >= 0.3 is 0 Å². The predicted octanol–water partition coefficient (Wildman–Crippen LogP) is 4.45. The van der Waals surface area contributed by atoms with Gasteiger partial charge in [-0.1, -0.05) is 54.4 Å². The highest BCUT2D eigenvalue weighted by Crippen LogP contribution is 2.27. The summed E-state index contributed by atoms with van der Waals surface area (Å²) in [5, 5.41) is 19.9. The minimum Gasteiger partial charge on any atom is -0.493 e. The van der Waals surface area contributed by atoms with E-state index in [0.717, 1.165) is 38.5 Å². The highest BCUT2D eigenvalue weighted by Gasteiger charge is 2.30. The van der Waals surface area contributed by atoms with Crippen LogP contribution in [0.15, 0.2) is 18.2 Å². The summed E-state index contributed by atoms with van der Waals surface area (Å²) in [6, 6.07) is 4.38. The maximum Gasteiger partial charge on any atom is 0.257 e. The molecule has 4 atom stereocenters. The number of aliphatic hydroxyl groups is 1. The number of carbonyl (C=O) groups is 3. The van der Waals surface area contributed by atoms with Crippen LogP contribution >= 0.6 is 0 Å². The summed E-state index contributed by atoms with van der Waals surface area (Å²) in [6.45, 7) is 14.7. The second kappa shape index (κ2) is 24.3. The lowest BCUT2D eigenvalue weighted by atomic mass is 9.83. The second-order valence-corrected chi connectivity index (χ2v) is 13.1. The molecule has 0 saturated carbocycles. The van der Waals surface area contributed by atoms with Crippen molar-refractivity contribution in [3.05, 3.63) is 23.8 Å². The zero-order valence-corrected chi connectivity index (χ0v) is 30.1. The van der Waals surface area contributed by atoms with Gasteiger partial charge in [-0.2, -0.15) is 0 Å². The van der Waals surface area contributed by atoms with Crippen molar-refractivity contribution < 1.29 is 33.7 Å². The number of rotatable bonds is 26. The topological polar surface area (TPSA) is 161 Å². The lowest BCUT2D eigenvalue weighted by molar-refractivity contribution is -0.127. The Balaban J connectivity index is 2.91. The molecule has 3 amide bonds. The van der Waals surface area contributed by atoms with Gasteiger partial charge in [-0.15, -0.1) is 0 Å². The fourth-order valence-corrected chi connectivity index (χ4v) is 5.09. The molecule has 11 heteroatoms. The molecule has 0 radical (unpaired) electrons. The number of hydrogen-bond donors (Lipinski definition) is 5. The quantitative estimate of drug-likeness (QED) is 0.0909. The maximum atomic E-state index is 13.4. The average Bonchev–Trinajstić information content (AvgIpc) is 3.03. The fourth-order valence-electron chi connectivity index (χ4n) is 5.09. The molecule has 270 valence electrons. The molecule has 0 spiro atoms. The van der Waals surface area contributed by atoms with Gasteiger partial charge in [0.15, 0.2) is 6.61 Å². The Bertz CT molecular complexity index is 1040. The Morgan fingerprint density at radius 1 is 0.851 bits per heavy atom. The zero-order valence-electron chi connectivity index (χ0n) is 30.1. The van der Waals surface area contributed by atoms with Crippen molar-refractivity contribution in [1.29, 1.82) is 0 Å². The van der Waals surface area contributed by atoms with Crippen LogP contribution in [0, 0.1) is 23.7 Å². The molecule has 0 fully saturated rings. The zero-order chi connectivity index (χ0) is 35.2. The first-order valence-corrected chi connectivity index (χ1v) is 17.6. The smallest absolute Gasteiger partial charge is 0.257 e. The van der Waals surface area contributed by atoms with E-state index < -0.39 is 12.1 Å². The number of amides is 3. The van der Waals surface area contributed by atoms with Gasteiger partial charge in [0.05, 0.1) is 18.3 Å². The van der Waals surface area contributed by atoms with E-state index in [1.807, 2.05) is 13.8 Å². The molecule has 0 aliphatic carbocycles. The van der Waals surface area contributed by atoms with Crippen LogP contribution in [-0.4, -0.2) is 81.5 Å². The van der Waals surface area contributed by atoms with Gasteiger partial charge in [-0.25, -0.2) is 0 Å². The van der Waals surface area contributed by atoms with Crippen molar-refractivity contribution in [3.8, 4) is 11.5 Å². The Hall–Kier alpha value is -2.89. The molecule has 0 unspecified atom stereocenters. The van der Waals surface area contributed by atoms with Crippen LogP contribution in [-0.2, 0) is 14.3 Å². The minimum atomic E-state index is -0.851. The Morgan fingerprint density at radius 3 is 2.13 bits per heavy atom. The molecule has 11 nitrogen and oxygen atoms in total. The normalized spacial score (nSPS) is 13.9. The Labute approximate surface area is 283 Å². The van der Waals surface area contributed by atoms with Crippen LogP contribution in [0.5, 0.6) is 11.5 Å². The molecule has 47 heavy (non-hydrogen) atoms. The van der Waals surface area contributed by atoms with E-state index in [1.54, 1.807) is 25.3 Å². The lowest BCUT2D eigenvalue weighted by Crippen LogP contribution is -2.44.